The van der Waals surface area contributed by atoms with Gasteiger partial charge in [0, 0.05) is 67.9 Å². The van der Waals surface area contributed by atoms with Crippen molar-refractivity contribution in [1.82, 2.24) is 4.57 Å². The zero-order valence-electron chi connectivity index (χ0n) is 26.9. The van der Waals surface area contributed by atoms with Crippen molar-refractivity contribution in [3.05, 3.63) is 170 Å². The van der Waals surface area contributed by atoms with Crippen molar-refractivity contribution in [2.75, 3.05) is 4.90 Å². The molecule has 0 aliphatic carbocycles. The van der Waals surface area contributed by atoms with Gasteiger partial charge in [-0.05, 0) is 72.1 Å². The third-order valence-corrected chi connectivity index (χ3v) is 12.5. The smallest absolute Gasteiger partial charge is 0.0562 e. The molecule has 11 rings (SSSR count). The van der Waals surface area contributed by atoms with Gasteiger partial charge in [0.15, 0.2) is 0 Å². The van der Waals surface area contributed by atoms with Crippen LogP contribution >= 0.6 is 22.7 Å². The van der Waals surface area contributed by atoms with Crippen LogP contribution < -0.4 is 4.90 Å². The Morgan fingerprint density at radius 2 is 1.04 bits per heavy atom. The molecule has 0 fully saturated rings. The maximum atomic E-state index is 2.53. The maximum Gasteiger partial charge on any atom is 0.0562 e. The third kappa shape index (κ3) is 4.01. The van der Waals surface area contributed by atoms with Crippen LogP contribution in [-0.2, 0) is 0 Å². The van der Waals surface area contributed by atoms with Crippen LogP contribution in [0.25, 0.3) is 78.6 Å². The van der Waals surface area contributed by atoms with Gasteiger partial charge in [-0.1, -0.05) is 103 Å². The molecule has 0 atom stereocenters. The average Bonchev–Trinajstić information content (AvgIpc) is 3.85. The Kier molecular flexibility index (Phi) is 6.03. The molecule has 0 aliphatic heterocycles. The summed E-state index contributed by atoms with van der Waals surface area (Å²) in [7, 11) is 0. The van der Waals surface area contributed by atoms with Crippen LogP contribution in [0.5, 0.6) is 0 Å². The molecule has 0 bridgehead atoms. The highest BCUT2D eigenvalue weighted by atomic mass is 32.1. The number of hydrogen-bond acceptors (Lipinski definition) is 3. The van der Waals surface area contributed by atoms with Crippen LogP contribution in [0.15, 0.2) is 170 Å². The van der Waals surface area contributed by atoms with Gasteiger partial charge >= 0.3 is 0 Å². The number of nitrogens with zero attached hydrogens (tertiary/aromatic N) is 2. The van der Waals surface area contributed by atoms with Gasteiger partial charge in [-0.2, -0.15) is 0 Å². The van der Waals surface area contributed by atoms with E-state index in [0.717, 1.165) is 17.1 Å². The Morgan fingerprint density at radius 3 is 1.88 bits per heavy atom. The Balaban J connectivity index is 1.29. The van der Waals surface area contributed by atoms with Crippen LogP contribution in [-0.4, -0.2) is 4.57 Å². The van der Waals surface area contributed by atoms with E-state index < -0.39 is 0 Å². The molecule has 0 N–H and O–H groups in total. The average molecular weight is 673 g/mol. The quantitative estimate of drug-likeness (QED) is 0.181. The van der Waals surface area contributed by atoms with Gasteiger partial charge < -0.3 is 9.47 Å². The van der Waals surface area contributed by atoms with E-state index in [0.29, 0.717) is 0 Å². The summed E-state index contributed by atoms with van der Waals surface area (Å²) in [6, 6.07) is 62.4. The zero-order chi connectivity index (χ0) is 32.8. The molecule has 2 nitrogen and oxygen atoms in total. The standard InChI is InChI=1S/C46H28N2S2/c1-2-13-30(14-3-1)47-37-18-7-4-17-35(37)45-39(47)20-11-21-40(45)48(31-25-27-43-36(28-31)33-16-6-8-22-41(33)49-43)38-19-10-12-29-24-26-34-32-15-5-9-23-42(32)50-46(34)44(29)38/h1-28H. The van der Waals surface area contributed by atoms with Crippen molar-refractivity contribution in [3.8, 4) is 5.69 Å². The highest BCUT2D eigenvalue weighted by Crippen LogP contribution is 2.49. The second-order valence-corrected chi connectivity index (χ2v) is 15.0. The van der Waals surface area contributed by atoms with Crippen LogP contribution in [0.2, 0.25) is 0 Å². The van der Waals surface area contributed by atoms with E-state index in [1.807, 2.05) is 22.7 Å². The van der Waals surface area contributed by atoms with Gasteiger partial charge in [-0.3, -0.25) is 0 Å². The first-order valence-corrected chi connectivity index (χ1v) is 18.6. The number of para-hydroxylation sites is 2. The molecule has 0 radical (unpaired) electrons. The van der Waals surface area contributed by atoms with Gasteiger partial charge in [-0.25, -0.2) is 0 Å². The summed E-state index contributed by atoms with van der Waals surface area (Å²) in [5, 5.41) is 10.2. The second-order valence-electron chi connectivity index (χ2n) is 12.9. The van der Waals surface area contributed by atoms with Crippen molar-refractivity contribution in [2.45, 2.75) is 0 Å². The number of fused-ring (bicyclic) bond motifs is 11. The first kappa shape index (κ1) is 28.0. The van der Waals surface area contributed by atoms with Crippen LogP contribution in [0.4, 0.5) is 17.1 Å². The molecule has 3 heterocycles. The molecular weight excluding hydrogens is 645 g/mol. The summed E-state index contributed by atoms with van der Waals surface area (Å²) >= 11 is 3.76. The van der Waals surface area contributed by atoms with Crippen molar-refractivity contribution in [3.63, 3.8) is 0 Å². The Bertz CT molecular complexity index is 3110. The minimum absolute atomic E-state index is 1.15. The van der Waals surface area contributed by atoms with Crippen molar-refractivity contribution in [2.24, 2.45) is 0 Å². The van der Waals surface area contributed by atoms with Crippen LogP contribution in [0, 0.1) is 0 Å². The highest BCUT2D eigenvalue weighted by molar-refractivity contribution is 7.27. The van der Waals surface area contributed by atoms with E-state index in [2.05, 4.69) is 179 Å². The van der Waals surface area contributed by atoms with Gasteiger partial charge in [-0.15, -0.1) is 22.7 Å². The van der Waals surface area contributed by atoms with E-state index >= 15 is 0 Å². The molecule has 234 valence electrons. The van der Waals surface area contributed by atoms with Crippen molar-refractivity contribution in [1.29, 1.82) is 0 Å². The topological polar surface area (TPSA) is 8.17 Å². The predicted molar refractivity (Wildman–Crippen MR) is 219 cm³/mol. The molecule has 11 aromatic rings. The molecule has 0 aliphatic rings. The third-order valence-electron chi connectivity index (χ3n) is 10.2. The molecule has 4 heteroatoms. The fourth-order valence-electron chi connectivity index (χ4n) is 8.02. The van der Waals surface area contributed by atoms with Crippen molar-refractivity contribution >= 4 is 113 Å². The largest absolute Gasteiger partial charge is 0.309 e. The number of aromatic nitrogens is 1. The molecule has 3 aromatic heterocycles. The molecule has 0 spiro atoms. The predicted octanol–water partition coefficient (Wildman–Crippen LogP) is 14.1. The van der Waals surface area contributed by atoms with Gasteiger partial charge in [0.05, 0.1) is 22.4 Å². The van der Waals surface area contributed by atoms with Crippen LogP contribution in [0.1, 0.15) is 0 Å². The number of rotatable bonds is 4. The van der Waals surface area contributed by atoms with E-state index in [1.54, 1.807) is 0 Å². The van der Waals surface area contributed by atoms with E-state index in [9.17, 15) is 0 Å². The maximum absolute atomic E-state index is 2.53. The lowest BCUT2D eigenvalue weighted by atomic mass is 10.0. The summed E-state index contributed by atoms with van der Waals surface area (Å²) in [5.41, 5.74) is 7.04. The van der Waals surface area contributed by atoms with Crippen molar-refractivity contribution < 1.29 is 0 Å². The fourth-order valence-corrected chi connectivity index (χ4v) is 10.4. The fraction of sp³-hybridized carbons (Fsp3) is 0. The summed E-state index contributed by atoms with van der Waals surface area (Å²) in [4.78, 5) is 2.53. The highest BCUT2D eigenvalue weighted by Gasteiger charge is 2.24. The summed E-state index contributed by atoms with van der Waals surface area (Å²) in [6.07, 6.45) is 0. The Hall–Kier alpha value is -5.94. The van der Waals surface area contributed by atoms with E-state index in [1.165, 1.54) is 78.6 Å². The molecule has 8 aromatic carbocycles. The lowest BCUT2D eigenvalue weighted by molar-refractivity contribution is 1.18. The second kappa shape index (κ2) is 10.8. The number of anilines is 3. The number of thiophene rings is 2. The Morgan fingerprint density at radius 1 is 0.400 bits per heavy atom. The van der Waals surface area contributed by atoms with Gasteiger partial charge in [0.25, 0.3) is 0 Å². The molecule has 0 amide bonds. The summed E-state index contributed by atoms with van der Waals surface area (Å²) < 4.78 is 7.67. The minimum Gasteiger partial charge on any atom is -0.309 e. The van der Waals surface area contributed by atoms with E-state index in [-0.39, 0.29) is 0 Å². The van der Waals surface area contributed by atoms with Gasteiger partial charge in [0.1, 0.15) is 0 Å². The summed E-state index contributed by atoms with van der Waals surface area (Å²) in [5.74, 6) is 0. The molecule has 50 heavy (non-hydrogen) atoms. The first-order chi connectivity index (χ1) is 24.8. The molecule has 0 unspecified atom stereocenters. The molecule has 0 saturated heterocycles. The summed E-state index contributed by atoms with van der Waals surface area (Å²) in [6.45, 7) is 0. The molecular formula is C46H28N2S2. The van der Waals surface area contributed by atoms with E-state index in [4.69, 9.17) is 0 Å². The lowest BCUT2D eigenvalue weighted by Gasteiger charge is -2.28. The lowest BCUT2D eigenvalue weighted by Crippen LogP contribution is -2.11. The normalized spacial score (nSPS) is 12.0. The van der Waals surface area contributed by atoms with Crippen LogP contribution in [0.3, 0.4) is 0 Å². The SMILES string of the molecule is c1ccc(-n2c3ccccc3c3c(N(c4ccc5sc6ccccc6c5c4)c4cccc5ccc6c7ccccc7sc6c45)cccc32)cc1. The monoisotopic (exact) mass is 672 g/mol. The zero-order valence-corrected chi connectivity index (χ0v) is 28.5. The number of hydrogen-bond donors (Lipinski definition) is 0. The Labute approximate surface area is 296 Å². The number of benzene rings is 8. The molecule has 0 saturated carbocycles. The first-order valence-electron chi connectivity index (χ1n) is 16.9. The van der Waals surface area contributed by atoms with Gasteiger partial charge in [0.2, 0.25) is 0 Å². The minimum atomic E-state index is 1.15.